The zero-order chi connectivity index (χ0) is 15.6. The Hall–Kier alpha value is -1.24. The van der Waals surface area contributed by atoms with E-state index in [0.29, 0.717) is 0 Å². The summed E-state index contributed by atoms with van der Waals surface area (Å²) >= 11 is 0. The molecule has 0 aliphatic heterocycles. The molecule has 0 aliphatic carbocycles. The van der Waals surface area contributed by atoms with Crippen molar-refractivity contribution in [2.24, 2.45) is 0 Å². The molecule has 0 heterocycles. The Balaban J connectivity index is 3.39. The second-order valence-corrected chi connectivity index (χ2v) is 5.07. The predicted molar refractivity (Wildman–Crippen MR) is 87.7 cm³/mol. The van der Waals surface area contributed by atoms with Gasteiger partial charge in [0.2, 0.25) is 0 Å². The Morgan fingerprint density at radius 3 is 2.38 bits per heavy atom. The second-order valence-electron chi connectivity index (χ2n) is 5.07. The van der Waals surface area contributed by atoms with E-state index in [-0.39, 0.29) is 13.2 Å². The average molecular weight is 294 g/mol. The van der Waals surface area contributed by atoms with Crippen molar-refractivity contribution in [3.05, 3.63) is 24.5 Å². The fourth-order valence-electron chi connectivity index (χ4n) is 1.76. The van der Waals surface area contributed by atoms with Crippen LogP contribution in [-0.2, 0) is 4.74 Å². The lowest BCUT2D eigenvalue weighted by atomic mass is 10.1. The summed E-state index contributed by atoms with van der Waals surface area (Å²) in [6.07, 6.45) is 16.5. The molecule has 0 aromatic carbocycles. The van der Waals surface area contributed by atoms with E-state index in [9.17, 15) is 0 Å². The molecule has 0 radical (unpaired) electrons. The summed E-state index contributed by atoms with van der Waals surface area (Å²) in [4.78, 5) is 0. The monoisotopic (exact) mass is 294 g/mol. The van der Waals surface area contributed by atoms with E-state index in [0.717, 1.165) is 6.42 Å². The van der Waals surface area contributed by atoms with Crippen LogP contribution in [0.5, 0.6) is 0 Å². The van der Waals surface area contributed by atoms with Crippen molar-refractivity contribution in [1.29, 1.82) is 0 Å². The molecular formula is C18H30O3. The van der Waals surface area contributed by atoms with Gasteiger partial charge in [-0.2, -0.15) is 0 Å². The summed E-state index contributed by atoms with van der Waals surface area (Å²) in [5.74, 6) is 5.71. The number of ether oxygens (including phenoxy) is 1. The molecular weight excluding hydrogens is 264 g/mol. The number of hydrogen-bond acceptors (Lipinski definition) is 3. The zero-order valence-electron chi connectivity index (χ0n) is 13.3. The number of unbranched alkanes of at least 4 members (excludes halogenated alkanes) is 7. The number of rotatable bonds is 12. The van der Waals surface area contributed by atoms with Crippen molar-refractivity contribution in [2.75, 3.05) is 13.2 Å². The van der Waals surface area contributed by atoms with Crippen LogP contribution < -0.4 is 0 Å². The molecule has 0 aliphatic rings. The third kappa shape index (κ3) is 16.7. The third-order valence-corrected chi connectivity index (χ3v) is 3.01. The van der Waals surface area contributed by atoms with Crippen LogP contribution in [0.4, 0.5) is 0 Å². The van der Waals surface area contributed by atoms with Gasteiger partial charge >= 0.3 is 0 Å². The molecule has 0 amide bonds. The van der Waals surface area contributed by atoms with E-state index < -0.39 is 6.10 Å². The maximum atomic E-state index is 9.01. The van der Waals surface area contributed by atoms with Gasteiger partial charge in [-0.15, -0.1) is 0 Å². The van der Waals surface area contributed by atoms with Crippen molar-refractivity contribution < 1.29 is 14.9 Å². The van der Waals surface area contributed by atoms with Crippen molar-refractivity contribution in [3.8, 4) is 11.8 Å². The van der Waals surface area contributed by atoms with Crippen LogP contribution in [0.15, 0.2) is 24.5 Å². The number of allylic oxidation sites excluding steroid dienone is 3. The van der Waals surface area contributed by atoms with Crippen molar-refractivity contribution >= 4 is 0 Å². The first-order valence-electron chi connectivity index (χ1n) is 8.02. The largest absolute Gasteiger partial charge is 0.498 e. The Morgan fingerprint density at radius 1 is 1.00 bits per heavy atom. The smallest absolute Gasteiger partial charge is 0.115 e. The molecule has 3 nitrogen and oxygen atoms in total. The highest BCUT2D eigenvalue weighted by Gasteiger charge is 1.98. The Kier molecular flexibility index (Phi) is 15.8. The number of aliphatic hydroxyl groups is 2. The van der Waals surface area contributed by atoms with E-state index in [1.54, 1.807) is 6.08 Å². The summed E-state index contributed by atoms with van der Waals surface area (Å²) in [5, 5.41) is 17.6. The minimum Gasteiger partial charge on any atom is -0.498 e. The van der Waals surface area contributed by atoms with Crippen LogP contribution in [-0.4, -0.2) is 29.5 Å². The Labute approximate surface area is 129 Å². The molecule has 0 unspecified atom stereocenters. The van der Waals surface area contributed by atoms with Gasteiger partial charge in [-0.1, -0.05) is 63.4 Å². The van der Waals surface area contributed by atoms with E-state index in [4.69, 9.17) is 14.9 Å². The van der Waals surface area contributed by atoms with Gasteiger partial charge in [0.25, 0.3) is 0 Å². The first-order valence-corrected chi connectivity index (χ1v) is 8.02. The van der Waals surface area contributed by atoms with E-state index in [2.05, 4.69) is 24.8 Å². The van der Waals surface area contributed by atoms with Crippen LogP contribution in [0.2, 0.25) is 0 Å². The normalized spacial score (nSPS) is 12.5. The van der Waals surface area contributed by atoms with Gasteiger partial charge in [-0.25, -0.2) is 0 Å². The van der Waals surface area contributed by atoms with Gasteiger partial charge in [0.15, 0.2) is 0 Å². The Bertz CT molecular complexity index is 323. The van der Waals surface area contributed by atoms with E-state index in [1.807, 2.05) is 6.08 Å². The molecule has 0 aromatic heterocycles. The van der Waals surface area contributed by atoms with Gasteiger partial charge < -0.3 is 14.9 Å². The van der Waals surface area contributed by atoms with Crippen LogP contribution in [0, 0.1) is 11.8 Å². The molecule has 0 saturated carbocycles. The summed E-state index contributed by atoms with van der Waals surface area (Å²) in [6, 6.07) is 0. The summed E-state index contributed by atoms with van der Waals surface area (Å²) < 4.78 is 4.97. The minimum absolute atomic E-state index is 0.0861. The average Bonchev–Trinajstić information content (AvgIpc) is 2.50. The molecule has 120 valence electrons. The first-order chi connectivity index (χ1) is 10.3. The standard InChI is InChI=1S/C18H30O3/c1-2-3-4-5-6-7-8-9-10-11-12-13-14-15-21-17-18(20)16-19/h10-11,14-15,18-20H,2-9,16-17H2,1H3/b11-10-,15-14-/t18-/m0/s1. The third-order valence-electron chi connectivity index (χ3n) is 3.01. The van der Waals surface area contributed by atoms with Gasteiger partial charge in [0.1, 0.15) is 12.7 Å². The maximum Gasteiger partial charge on any atom is 0.115 e. The lowest BCUT2D eigenvalue weighted by molar-refractivity contribution is 0.0385. The fourth-order valence-corrected chi connectivity index (χ4v) is 1.76. The summed E-state index contributed by atoms with van der Waals surface area (Å²) in [5.41, 5.74) is 0. The molecule has 1 atom stereocenters. The second kappa shape index (κ2) is 16.8. The highest BCUT2D eigenvalue weighted by molar-refractivity contribution is 5.22. The fraction of sp³-hybridized carbons (Fsp3) is 0.667. The molecule has 2 N–H and O–H groups in total. The van der Waals surface area contributed by atoms with Crippen LogP contribution in [0.3, 0.4) is 0 Å². The van der Waals surface area contributed by atoms with Gasteiger partial charge in [0.05, 0.1) is 12.9 Å². The molecule has 21 heavy (non-hydrogen) atoms. The minimum atomic E-state index is -0.829. The van der Waals surface area contributed by atoms with Crippen molar-refractivity contribution in [1.82, 2.24) is 0 Å². The van der Waals surface area contributed by atoms with Crippen LogP contribution in [0.25, 0.3) is 0 Å². The van der Waals surface area contributed by atoms with Crippen LogP contribution >= 0.6 is 0 Å². The van der Waals surface area contributed by atoms with Crippen molar-refractivity contribution in [2.45, 2.75) is 64.4 Å². The van der Waals surface area contributed by atoms with Crippen molar-refractivity contribution in [3.63, 3.8) is 0 Å². The molecule has 0 rings (SSSR count). The number of aliphatic hydroxyl groups excluding tert-OH is 2. The quantitative estimate of drug-likeness (QED) is 0.329. The highest BCUT2D eigenvalue weighted by Crippen LogP contribution is 2.08. The zero-order valence-corrected chi connectivity index (χ0v) is 13.3. The highest BCUT2D eigenvalue weighted by atomic mass is 16.5. The molecule has 3 heteroatoms. The predicted octanol–water partition coefficient (Wildman–Crippen LogP) is 3.57. The van der Waals surface area contributed by atoms with E-state index >= 15 is 0 Å². The summed E-state index contributed by atoms with van der Waals surface area (Å²) in [7, 11) is 0. The molecule has 0 saturated heterocycles. The number of hydrogen-bond donors (Lipinski definition) is 2. The molecule has 0 spiro atoms. The molecule has 0 bridgehead atoms. The maximum absolute atomic E-state index is 9.01. The lowest BCUT2D eigenvalue weighted by Crippen LogP contribution is -2.17. The SMILES string of the molecule is CCCCCCCCC/C=C\C#C/C=C\OC[C@@H](O)CO. The van der Waals surface area contributed by atoms with Gasteiger partial charge in [-0.3, -0.25) is 0 Å². The van der Waals surface area contributed by atoms with Gasteiger partial charge in [0, 0.05) is 6.08 Å². The molecule has 0 aromatic rings. The first kappa shape index (κ1) is 19.8. The van der Waals surface area contributed by atoms with Gasteiger partial charge in [-0.05, 0) is 18.9 Å². The summed E-state index contributed by atoms with van der Waals surface area (Å²) in [6.45, 7) is 2.04. The molecule has 0 fully saturated rings. The Morgan fingerprint density at radius 2 is 1.67 bits per heavy atom. The topological polar surface area (TPSA) is 49.7 Å². The van der Waals surface area contributed by atoms with Crippen LogP contribution in [0.1, 0.15) is 58.3 Å². The van der Waals surface area contributed by atoms with E-state index in [1.165, 1.54) is 51.2 Å². The lowest BCUT2D eigenvalue weighted by Gasteiger charge is -2.04.